The Kier molecular flexibility index (Phi) is 4.28. The fourth-order valence-electron chi connectivity index (χ4n) is 1.63. The Morgan fingerprint density at radius 2 is 2.28 bits per heavy atom. The minimum Gasteiger partial charge on any atom is -0.313 e. The second-order valence-electron chi connectivity index (χ2n) is 3.92. The smallest absolute Gasteiger partial charge is 0.158 e. The quantitative estimate of drug-likeness (QED) is 0.848. The zero-order valence-corrected chi connectivity index (χ0v) is 10.8. The van der Waals surface area contributed by atoms with Gasteiger partial charge >= 0.3 is 0 Å². The average Bonchev–Trinajstić information content (AvgIpc) is 2.76. The van der Waals surface area contributed by atoms with Gasteiger partial charge in [0.05, 0.1) is 23.6 Å². The van der Waals surface area contributed by atoms with E-state index in [4.69, 9.17) is 11.6 Å². The molecule has 4 nitrogen and oxygen atoms in total. The highest BCUT2D eigenvalue weighted by atomic mass is 35.5. The Hall–Kier alpha value is -1.46. The topological polar surface area (TPSA) is 42.7 Å². The molecule has 0 unspecified atom stereocenters. The first-order chi connectivity index (χ1) is 8.70. The maximum Gasteiger partial charge on any atom is 0.158 e. The number of pyridine rings is 1. The van der Waals surface area contributed by atoms with Crippen LogP contribution in [0.15, 0.2) is 24.7 Å². The van der Waals surface area contributed by atoms with Crippen molar-refractivity contribution in [3.05, 3.63) is 41.1 Å². The van der Waals surface area contributed by atoms with Crippen LogP contribution in [0.1, 0.15) is 18.9 Å². The highest BCUT2D eigenvalue weighted by molar-refractivity contribution is 6.30. The molecule has 2 rings (SSSR count). The Bertz CT molecular complexity index is 527. The molecule has 0 aromatic carbocycles. The van der Waals surface area contributed by atoms with Crippen LogP contribution in [0.5, 0.6) is 0 Å². The predicted octanol–water partition coefficient (Wildman–Crippen LogP) is 2.56. The molecule has 96 valence electrons. The molecular formula is C12H14ClFN4. The summed E-state index contributed by atoms with van der Waals surface area (Å²) in [4.78, 5) is 4.07. The van der Waals surface area contributed by atoms with E-state index in [1.807, 2.05) is 0 Å². The summed E-state index contributed by atoms with van der Waals surface area (Å²) in [6, 6.07) is 1.46. The molecule has 6 heteroatoms. The molecule has 2 aromatic rings. The number of hydrogen-bond donors (Lipinski definition) is 1. The van der Waals surface area contributed by atoms with Gasteiger partial charge in [0.2, 0.25) is 0 Å². The van der Waals surface area contributed by atoms with Gasteiger partial charge in [0, 0.05) is 12.1 Å². The number of hydrogen-bond acceptors (Lipinski definition) is 3. The maximum absolute atomic E-state index is 13.2. The molecule has 0 atom stereocenters. The summed E-state index contributed by atoms with van der Waals surface area (Å²) < 4.78 is 14.8. The van der Waals surface area contributed by atoms with Gasteiger partial charge in [-0.1, -0.05) is 18.5 Å². The van der Waals surface area contributed by atoms with Crippen molar-refractivity contribution in [3.63, 3.8) is 0 Å². The lowest BCUT2D eigenvalue weighted by Crippen LogP contribution is -2.16. The van der Waals surface area contributed by atoms with Crippen molar-refractivity contribution in [1.82, 2.24) is 20.1 Å². The Morgan fingerprint density at radius 1 is 1.44 bits per heavy atom. The van der Waals surface area contributed by atoms with Crippen molar-refractivity contribution in [2.24, 2.45) is 0 Å². The summed E-state index contributed by atoms with van der Waals surface area (Å²) in [5.74, 6) is 0.234. The van der Waals surface area contributed by atoms with Crippen molar-refractivity contribution in [2.75, 3.05) is 6.54 Å². The Balaban J connectivity index is 2.28. The molecule has 0 saturated carbocycles. The summed E-state index contributed by atoms with van der Waals surface area (Å²) in [5.41, 5.74) is 0.753. The minimum absolute atomic E-state index is 0.356. The summed E-state index contributed by atoms with van der Waals surface area (Å²) >= 11 is 5.82. The monoisotopic (exact) mass is 268 g/mol. The van der Waals surface area contributed by atoms with Crippen LogP contribution in [-0.2, 0) is 6.54 Å². The third-order valence-corrected chi connectivity index (χ3v) is 2.61. The molecular weight excluding hydrogens is 255 g/mol. The fraction of sp³-hybridized carbons (Fsp3) is 0.333. The number of aromatic nitrogens is 3. The third-order valence-electron chi connectivity index (χ3n) is 2.42. The number of rotatable bonds is 5. The van der Waals surface area contributed by atoms with Crippen LogP contribution in [0.4, 0.5) is 4.39 Å². The maximum atomic E-state index is 13.2. The zero-order valence-electron chi connectivity index (χ0n) is 10.0. The van der Waals surface area contributed by atoms with Gasteiger partial charge in [0.15, 0.2) is 5.82 Å². The van der Waals surface area contributed by atoms with E-state index in [-0.39, 0.29) is 5.82 Å². The van der Waals surface area contributed by atoms with E-state index in [9.17, 15) is 4.39 Å². The molecule has 0 radical (unpaired) electrons. The molecule has 2 aromatic heterocycles. The lowest BCUT2D eigenvalue weighted by molar-refractivity contribution is 0.607. The normalized spacial score (nSPS) is 10.8. The fourth-order valence-corrected chi connectivity index (χ4v) is 1.76. The molecule has 0 amide bonds. The largest absolute Gasteiger partial charge is 0.313 e. The van der Waals surface area contributed by atoms with E-state index < -0.39 is 0 Å². The lowest BCUT2D eigenvalue weighted by atomic mass is 10.2. The predicted molar refractivity (Wildman–Crippen MR) is 68.3 cm³/mol. The van der Waals surface area contributed by atoms with E-state index in [0.29, 0.717) is 17.4 Å². The van der Waals surface area contributed by atoms with Gasteiger partial charge in [-0.05, 0) is 19.0 Å². The molecule has 18 heavy (non-hydrogen) atoms. The molecule has 0 fully saturated rings. The van der Waals surface area contributed by atoms with Gasteiger partial charge in [0.1, 0.15) is 5.82 Å². The van der Waals surface area contributed by atoms with Gasteiger partial charge in [0.25, 0.3) is 0 Å². The van der Waals surface area contributed by atoms with Crippen molar-refractivity contribution in [1.29, 1.82) is 0 Å². The molecule has 0 saturated heterocycles. The Labute approximate surface area is 110 Å². The van der Waals surface area contributed by atoms with Crippen molar-refractivity contribution in [3.8, 4) is 5.82 Å². The SMILES string of the molecule is CCCNCc1cc(F)cnc1-n1cc(Cl)cn1. The summed E-state index contributed by atoms with van der Waals surface area (Å²) in [5, 5.41) is 7.81. The van der Waals surface area contributed by atoms with Gasteiger partial charge in [-0.3, -0.25) is 0 Å². The van der Waals surface area contributed by atoms with Crippen molar-refractivity contribution < 1.29 is 4.39 Å². The van der Waals surface area contributed by atoms with Crippen LogP contribution in [-0.4, -0.2) is 21.3 Å². The van der Waals surface area contributed by atoms with Gasteiger partial charge in [-0.25, -0.2) is 14.1 Å². The van der Waals surface area contributed by atoms with Crippen LogP contribution >= 0.6 is 11.6 Å². The minimum atomic E-state index is -0.356. The molecule has 0 aliphatic carbocycles. The van der Waals surface area contributed by atoms with Crippen LogP contribution in [0.3, 0.4) is 0 Å². The first-order valence-corrected chi connectivity index (χ1v) is 6.14. The van der Waals surface area contributed by atoms with Gasteiger partial charge in [-0.15, -0.1) is 0 Å². The van der Waals surface area contributed by atoms with E-state index in [2.05, 4.69) is 22.3 Å². The number of nitrogens with zero attached hydrogens (tertiary/aromatic N) is 3. The molecule has 0 spiro atoms. The molecule has 0 aliphatic heterocycles. The summed E-state index contributed by atoms with van der Waals surface area (Å²) in [6.07, 6.45) is 5.36. The molecule has 2 heterocycles. The van der Waals surface area contributed by atoms with Crippen LogP contribution < -0.4 is 5.32 Å². The molecule has 0 bridgehead atoms. The van der Waals surface area contributed by atoms with Crippen LogP contribution in [0, 0.1) is 5.82 Å². The van der Waals surface area contributed by atoms with Crippen LogP contribution in [0.25, 0.3) is 5.82 Å². The highest BCUT2D eigenvalue weighted by Gasteiger charge is 2.09. The number of halogens is 2. The first kappa shape index (κ1) is 13.0. The second kappa shape index (κ2) is 5.93. The van der Waals surface area contributed by atoms with Crippen LogP contribution in [0.2, 0.25) is 5.02 Å². The lowest BCUT2D eigenvalue weighted by Gasteiger charge is -2.09. The summed E-state index contributed by atoms with van der Waals surface area (Å²) in [6.45, 7) is 3.49. The molecule has 1 N–H and O–H groups in total. The zero-order chi connectivity index (χ0) is 13.0. The summed E-state index contributed by atoms with van der Waals surface area (Å²) in [7, 11) is 0. The third kappa shape index (κ3) is 3.05. The number of nitrogens with one attached hydrogen (secondary N) is 1. The van der Waals surface area contributed by atoms with E-state index >= 15 is 0 Å². The first-order valence-electron chi connectivity index (χ1n) is 5.76. The molecule has 0 aliphatic rings. The Morgan fingerprint density at radius 3 is 2.94 bits per heavy atom. The van der Waals surface area contributed by atoms with Gasteiger partial charge < -0.3 is 5.32 Å². The standard InChI is InChI=1S/C12H14ClFN4/c1-2-3-15-5-9-4-11(14)7-16-12(9)18-8-10(13)6-17-18/h4,6-8,15H,2-3,5H2,1H3. The van der Waals surface area contributed by atoms with Crippen molar-refractivity contribution in [2.45, 2.75) is 19.9 Å². The average molecular weight is 269 g/mol. The van der Waals surface area contributed by atoms with Crippen molar-refractivity contribution >= 4 is 11.6 Å². The van der Waals surface area contributed by atoms with E-state index in [1.54, 1.807) is 10.9 Å². The van der Waals surface area contributed by atoms with E-state index in [0.717, 1.165) is 18.5 Å². The van der Waals surface area contributed by atoms with E-state index in [1.165, 1.54) is 18.5 Å². The second-order valence-corrected chi connectivity index (χ2v) is 4.35. The highest BCUT2D eigenvalue weighted by Crippen LogP contribution is 2.15. The van der Waals surface area contributed by atoms with Gasteiger partial charge in [-0.2, -0.15) is 5.10 Å².